The zero-order chi connectivity index (χ0) is 21.3. The first-order chi connectivity index (χ1) is 13.6. The Hall–Kier alpha value is -2.74. The van der Waals surface area contributed by atoms with E-state index in [0.717, 1.165) is 0 Å². The van der Waals surface area contributed by atoms with Crippen molar-refractivity contribution in [1.29, 1.82) is 0 Å². The van der Waals surface area contributed by atoms with Gasteiger partial charge < -0.3 is 16.0 Å². The molecule has 29 heavy (non-hydrogen) atoms. The third-order valence-corrected chi connectivity index (χ3v) is 5.33. The number of carbonyl (C=O) groups excluding carboxylic acids is 2. The number of carbonyl (C=O) groups is 2. The first-order valence-corrected chi connectivity index (χ1v) is 9.43. The van der Waals surface area contributed by atoms with Crippen LogP contribution in [-0.2, 0) is 9.59 Å². The van der Waals surface area contributed by atoms with Gasteiger partial charge in [-0.3, -0.25) is 9.59 Å². The van der Waals surface area contributed by atoms with Gasteiger partial charge in [0.2, 0.25) is 0 Å². The minimum Gasteiger partial charge on any atom is -0.383 e. The Morgan fingerprint density at radius 3 is 2.72 bits per heavy atom. The number of hydrogen-bond acceptors (Lipinski definition) is 4. The van der Waals surface area contributed by atoms with Gasteiger partial charge >= 0.3 is 11.8 Å². The van der Waals surface area contributed by atoms with E-state index >= 15 is 0 Å². The number of nitrogens with two attached hydrogens (primary N) is 1. The quantitative estimate of drug-likeness (QED) is 0.720. The van der Waals surface area contributed by atoms with Crippen molar-refractivity contribution >= 4 is 34.9 Å². The molecule has 3 rings (SSSR count). The molecule has 2 unspecified atom stereocenters. The summed E-state index contributed by atoms with van der Waals surface area (Å²) in [6, 6.07) is 7.00. The molecule has 9 heteroatoms. The maximum absolute atomic E-state index is 14.4. The van der Waals surface area contributed by atoms with E-state index in [-0.39, 0.29) is 6.54 Å². The number of benzene rings is 1. The number of rotatable bonds is 2. The number of alkyl halides is 2. The summed E-state index contributed by atoms with van der Waals surface area (Å²) in [5, 5.41) is 2.83. The first kappa shape index (κ1) is 21.0. The summed E-state index contributed by atoms with van der Waals surface area (Å²) in [6.45, 7) is 2.82. The van der Waals surface area contributed by atoms with Crippen LogP contribution in [0.3, 0.4) is 0 Å². The number of nitrogens with zero attached hydrogens (tertiary/aromatic N) is 2. The monoisotopic (exact) mass is 422 g/mol. The molecular weight excluding hydrogens is 402 g/mol. The summed E-state index contributed by atoms with van der Waals surface area (Å²) in [5.41, 5.74) is 7.04. The molecule has 0 radical (unpaired) electrons. The predicted molar refractivity (Wildman–Crippen MR) is 107 cm³/mol. The van der Waals surface area contributed by atoms with Gasteiger partial charge in [-0.2, -0.15) is 0 Å². The molecule has 1 aromatic carbocycles. The highest BCUT2D eigenvalue weighted by molar-refractivity contribution is 6.39. The Bertz CT molecular complexity index is 954. The van der Waals surface area contributed by atoms with E-state index in [0.29, 0.717) is 27.7 Å². The smallest absolute Gasteiger partial charge is 0.313 e. The van der Waals surface area contributed by atoms with Gasteiger partial charge in [0.05, 0.1) is 17.9 Å². The standard InChI is InChI=1S/C20H21ClF2N4O2/c1-11-6-15(9-25-17(11)24)26-18(28)19(29)27-10-12(2)20(22,23)8-16(27)13-4-3-5-14(21)7-13/h3-7,9,12,16H,8,10H2,1-2H3,(H2,24,25)(H,26,28). The second kappa shape index (κ2) is 7.94. The highest BCUT2D eigenvalue weighted by atomic mass is 35.5. The van der Waals surface area contributed by atoms with Gasteiger partial charge in [0.1, 0.15) is 5.82 Å². The van der Waals surface area contributed by atoms with E-state index in [4.69, 9.17) is 17.3 Å². The molecule has 6 nitrogen and oxygen atoms in total. The second-order valence-electron chi connectivity index (χ2n) is 7.27. The lowest BCUT2D eigenvalue weighted by Crippen LogP contribution is -2.52. The fourth-order valence-electron chi connectivity index (χ4n) is 3.33. The number of anilines is 2. The van der Waals surface area contributed by atoms with Crippen molar-refractivity contribution in [2.24, 2.45) is 5.92 Å². The molecule has 0 bridgehead atoms. The normalized spacial score (nSPS) is 20.9. The molecule has 3 N–H and O–H groups in total. The summed E-state index contributed by atoms with van der Waals surface area (Å²) in [6.07, 6.45) is 0.741. The lowest BCUT2D eigenvalue weighted by Gasteiger charge is -2.42. The van der Waals surface area contributed by atoms with Crippen molar-refractivity contribution in [1.82, 2.24) is 9.88 Å². The summed E-state index contributed by atoms with van der Waals surface area (Å²) in [5.74, 6) is -5.58. The van der Waals surface area contributed by atoms with E-state index in [9.17, 15) is 18.4 Å². The largest absolute Gasteiger partial charge is 0.383 e. The Labute approximate surface area is 172 Å². The molecule has 0 aliphatic carbocycles. The number of halogens is 3. The molecule has 154 valence electrons. The predicted octanol–water partition coefficient (Wildman–Crippen LogP) is 3.81. The number of nitrogen functional groups attached to an aromatic ring is 1. The van der Waals surface area contributed by atoms with Gasteiger partial charge in [-0.1, -0.05) is 30.7 Å². The molecule has 2 heterocycles. The molecule has 1 aromatic heterocycles. The van der Waals surface area contributed by atoms with Crippen molar-refractivity contribution in [3.05, 3.63) is 52.7 Å². The molecule has 1 aliphatic heterocycles. The fourth-order valence-corrected chi connectivity index (χ4v) is 3.53. The number of amides is 2. The average Bonchev–Trinajstić information content (AvgIpc) is 2.66. The molecular formula is C20H21ClF2N4O2. The van der Waals surface area contributed by atoms with Crippen LogP contribution < -0.4 is 11.1 Å². The number of pyridine rings is 1. The van der Waals surface area contributed by atoms with E-state index in [1.54, 1.807) is 31.2 Å². The highest BCUT2D eigenvalue weighted by Crippen LogP contribution is 2.43. The zero-order valence-electron chi connectivity index (χ0n) is 16.0. The van der Waals surface area contributed by atoms with Gasteiger partial charge in [0.15, 0.2) is 0 Å². The topological polar surface area (TPSA) is 88.3 Å². The molecule has 2 amide bonds. The van der Waals surface area contributed by atoms with Crippen LogP contribution in [0.2, 0.25) is 5.02 Å². The summed E-state index contributed by atoms with van der Waals surface area (Å²) < 4.78 is 28.8. The van der Waals surface area contributed by atoms with E-state index in [1.807, 2.05) is 0 Å². The minimum absolute atomic E-state index is 0.255. The van der Waals surface area contributed by atoms with Crippen LogP contribution in [-0.4, -0.2) is 34.2 Å². The van der Waals surface area contributed by atoms with Crippen LogP contribution >= 0.6 is 11.6 Å². The van der Waals surface area contributed by atoms with Crippen molar-refractivity contribution in [2.45, 2.75) is 32.2 Å². The van der Waals surface area contributed by atoms with Crippen molar-refractivity contribution in [3.8, 4) is 0 Å². The van der Waals surface area contributed by atoms with Crippen LogP contribution in [0.4, 0.5) is 20.3 Å². The van der Waals surface area contributed by atoms with E-state index in [2.05, 4.69) is 10.3 Å². The van der Waals surface area contributed by atoms with Crippen molar-refractivity contribution < 1.29 is 18.4 Å². The molecule has 0 spiro atoms. The van der Waals surface area contributed by atoms with Crippen molar-refractivity contribution in [2.75, 3.05) is 17.6 Å². The zero-order valence-corrected chi connectivity index (χ0v) is 16.7. The van der Waals surface area contributed by atoms with Gasteiger partial charge in [-0.25, -0.2) is 13.8 Å². The Balaban J connectivity index is 1.86. The number of piperidine rings is 1. The number of likely N-dealkylation sites (tertiary alicyclic amines) is 1. The SMILES string of the molecule is Cc1cc(NC(=O)C(=O)N2CC(C)C(F)(F)CC2c2cccc(Cl)c2)cnc1N. The Kier molecular flexibility index (Phi) is 5.75. The second-order valence-corrected chi connectivity index (χ2v) is 7.71. The summed E-state index contributed by atoms with van der Waals surface area (Å²) in [4.78, 5) is 30.5. The third-order valence-electron chi connectivity index (χ3n) is 5.10. The van der Waals surface area contributed by atoms with Crippen LogP contribution in [0.1, 0.15) is 30.5 Å². The summed E-state index contributed by atoms with van der Waals surface area (Å²) >= 11 is 6.00. The van der Waals surface area contributed by atoms with Crippen LogP contribution in [0, 0.1) is 12.8 Å². The van der Waals surface area contributed by atoms with Gasteiger partial charge in [0, 0.05) is 23.9 Å². The lowest BCUT2D eigenvalue weighted by atomic mass is 9.86. The number of nitrogens with one attached hydrogen (secondary N) is 1. The first-order valence-electron chi connectivity index (χ1n) is 9.06. The minimum atomic E-state index is -2.97. The maximum atomic E-state index is 14.4. The molecule has 1 fully saturated rings. The molecule has 0 saturated carbocycles. The number of hydrogen-bond donors (Lipinski definition) is 2. The molecule has 2 aromatic rings. The van der Waals surface area contributed by atoms with Crippen LogP contribution in [0.5, 0.6) is 0 Å². The van der Waals surface area contributed by atoms with Crippen LogP contribution in [0.25, 0.3) is 0 Å². The van der Waals surface area contributed by atoms with Gasteiger partial charge in [0.25, 0.3) is 5.92 Å². The van der Waals surface area contributed by atoms with E-state index < -0.39 is 36.1 Å². The van der Waals surface area contributed by atoms with Crippen molar-refractivity contribution in [3.63, 3.8) is 0 Å². The number of aromatic nitrogens is 1. The lowest BCUT2D eigenvalue weighted by molar-refractivity contribution is -0.159. The fraction of sp³-hybridized carbons (Fsp3) is 0.350. The van der Waals surface area contributed by atoms with E-state index in [1.165, 1.54) is 24.1 Å². The molecule has 1 aliphatic rings. The molecule has 1 saturated heterocycles. The highest BCUT2D eigenvalue weighted by Gasteiger charge is 2.48. The Morgan fingerprint density at radius 1 is 1.34 bits per heavy atom. The third kappa shape index (κ3) is 4.48. The van der Waals surface area contributed by atoms with Gasteiger partial charge in [-0.15, -0.1) is 0 Å². The molecule has 2 atom stereocenters. The summed E-state index contributed by atoms with van der Waals surface area (Å²) in [7, 11) is 0. The maximum Gasteiger partial charge on any atom is 0.313 e. The van der Waals surface area contributed by atoms with Gasteiger partial charge in [-0.05, 0) is 36.2 Å². The van der Waals surface area contributed by atoms with Crippen LogP contribution in [0.15, 0.2) is 36.5 Å². The Morgan fingerprint density at radius 2 is 2.07 bits per heavy atom. The number of aryl methyl sites for hydroxylation is 1. The average molecular weight is 423 g/mol.